The zero-order chi connectivity index (χ0) is 37.0. The van der Waals surface area contributed by atoms with Gasteiger partial charge in [0.15, 0.2) is 0 Å². The molecule has 0 aliphatic carbocycles. The van der Waals surface area contributed by atoms with Crippen molar-refractivity contribution in [3.05, 3.63) is 212 Å². The van der Waals surface area contributed by atoms with Crippen LogP contribution in [0.4, 0.5) is 17.1 Å². The first-order chi connectivity index (χ1) is 27.8. The maximum absolute atomic E-state index is 6.37. The predicted octanol–water partition coefficient (Wildman–Crippen LogP) is 15.5. The topological polar surface area (TPSA) is 16.4 Å². The molecule has 0 N–H and O–H groups in total. The second kappa shape index (κ2) is 13.2. The van der Waals surface area contributed by atoms with Gasteiger partial charge in [-0.1, -0.05) is 152 Å². The van der Waals surface area contributed by atoms with E-state index in [2.05, 4.69) is 211 Å². The fourth-order valence-corrected chi connectivity index (χ4v) is 8.60. The summed E-state index contributed by atoms with van der Waals surface area (Å²) in [6.45, 7) is 0. The van der Waals surface area contributed by atoms with Gasteiger partial charge >= 0.3 is 0 Å². The van der Waals surface area contributed by atoms with Crippen LogP contribution < -0.4 is 4.90 Å². The van der Waals surface area contributed by atoms with Gasteiger partial charge < -0.3 is 9.32 Å². The molecule has 0 saturated heterocycles. The summed E-state index contributed by atoms with van der Waals surface area (Å²) in [5, 5.41) is 9.78. The van der Waals surface area contributed by atoms with E-state index in [1.165, 1.54) is 65.5 Å². The van der Waals surface area contributed by atoms with Gasteiger partial charge in [-0.25, -0.2) is 0 Å². The van der Waals surface area contributed by atoms with Gasteiger partial charge in [-0.15, -0.1) is 0 Å². The number of hydrogen-bond donors (Lipinski definition) is 0. The van der Waals surface area contributed by atoms with E-state index in [9.17, 15) is 0 Å². The first kappa shape index (κ1) is 32.0. The third-order valence-electron chi connectivity index (χ3n) is 11.2. The van der Waals surface area contributed by atoms with Crippen LogP contribution in [0, 0.1) is 0 Å². The molecule has 0 spiro atoms. The van der Waals surface area contributed by atoms with Crippen molar-refractivity contribution < 1.29 is 4.42 Å². The molecule has 0 fully saturated rings. The molecule has 2 nitrogen and oxygen atoms in total. The fraction of sp³-hybridized carbons (Fsp3) is 0. The van der Waals surface area contributed by atoms with Crippen LogP contribution in [0.2, 0.25) is 0 Å². The molecule has 2 heteroatoms. The second-order valence-electron chi connectivity index (χ2n) is 14.5. The first-order valence-electron chi connectivity index (χ1n) is 19.2. The summed E-state index contributed by atoms with van der Waals surface area (Å²) in [6, 6.07) is 76.4. The van der Waals surface area contributed by atoms with E-state index in [1.807, 2.05) is 6.07 Å². The van der Waals surface area contributed by atoms with Crippen molar-refractivity contribution in [1.29, 1.82) is 0 Å². The second-order valence-corrected chi connectivity index (χ2v) is 14.5. The van der Waals surface area contributed by atoms with E-state index >= 15 is 0 Å². The number of para-hydroxylation sites is 2. The quantitative estimate of drug-likeness (QED) is 0.160. The van der Waals surface area contributed by atoms with Crippen LogP contribution in [-0.4, -0.2) is 0 Å². The standard InChI is InChI=1S/C54H35NO/c1-3-13-36(14-4-1)37-25-27-38(28-26-37)39-15-11-19-43(33-39)55(42-17-5-2-6-18-42)44-20-12-16-40(34-44)41-29-30-46-45-21-7-8-22-47(45)53-48(50(46)35-41)31-32-52-54(53)49-23-9-10-24-51(49)56-52/h1-35H. The summed E-state index contributed by atoms with van der Waals surface area (Å²) in [6.07, 6.45) is 0. The highest BCUT2D eigenvalue weighted by atomic mass is 16.3. The Bertz CT molecular complexity index is 3230. The molecule has 1 aromatic heterocycles. The molecular weight excluding hydrogens is 679 g/mol. The molecule has 0 atom stereocenters. The van der Waals surface area contributed by atoms with Gasteiger partial charge in [0, 0.05) is 33.2 Å². The minimum absolute atomic E-state index is 0.916. The molecule has 56 heavy (non-hydrogen) atoms. The Morgan fingerprint density at radius 1 is 0.250 bits per heavy atom. The summed E-state index contributed by atoms with van der Waals surface area (Å²) in [5.74, 6) is 0. The summed E-state index contributed by atoms with van der Waals surface area (Å²) in [4.78, 5) is 2.36. The van der Waals surface area contributed by atoms with E-state index in [0.29, 0.717) is 0 Å². The summed E-state index contributed by atoms with van der Waals surface area (Å²) < 4.78 is 6.37. The molecule has 0 saturated carbocycles. The number of hydrogen-bond acceptors (Lipinski definition) is 2. The van der Waals surface area contributed by atoms with Crippen LogP contribution in [0.25, 0.3) is 87.6 Å². The Morgan fingerprint density at radius 2 is 0.714 bits per heavy atom. The highest BCUT2D eigenvalue weighted by Gasteiger charge is 2.18. The van der Waals surface area contributed by atoms with Gasteiger partial charge in [0.05, 0.1) is 0 Å². The van der Waals surface area contributed by atoms with Crippen LogP contribution in [0.15, 0.2) is 217 Å². The Hall–Kier alpha value is -7.42. The number of nitrogens with zero attached hydrogens (tertiary/aromatic N) is 1. The van der Waals surface area contributed by atoms with Crippen LogP contribution in [0.1, 0.15) is 0 Å². The molecule has 11 aromatic rings. The SMILES string of the molecule is c1ccc(-c2ccc(-c3cccc(N(c4ccccc4)c4cccc(-c5ccc6c7ccccc7c7c(ccc8oc9ccccc9c87)c6c5)c4)c3)cc2)cc1. The Kier molecular flexibility index (Phi) is 7.53. The van der Waals surface area contributed by atoms with Gasteiger partial charge in [-0.05, 0) is 121 Å². The molecule has 0 aliphatic heterocycles. The third kappa shape index (κ3) is 5.34. The van der Waals surface area contributed by atoms with Crippen LogP contribution in [-0.2, 0) is 0 Å². The lowest BCUT2D eigenvalue weighted by Crippen LogP contribution is -2.10. The van der Waals surface area contributed by atoms with E-state index in [0.717, 1.165) is 39.2 Å². The maximum Gasteiger partial charge on any atom is 0.136 e. The zero-order valence-electron chi connectivity index (χ0n) is 30.6. The van der Waals surface area contributed by atoms with Crippen LogP contribution >= 0.6 is 0 Å². The number of furan rings is 1. The van der Waals surface area contributed by atoms with Gasteiger partial charge in [-0.3, -0.25) is 0 Å². The molecule has 11 rings (SSSR count). The number of benzene rings is 10. The lowest BCUT2D eigenvalue weighted by atomic mass is 9.90. The predicted molar refractivity (Wildman–Crippen MR) is 237 cm³/mol. The summed E-state index contributed by atoms with van der Waals surface area (Å²) in [7, 11) is 0. The average molecular weight is 714 g/mol. The minimum Gasteiger partial charge on any atom is -0.456 e. The van der Waals surface area contributed by atoms with Crippen molar-refractivity contribution in [3.63, 3.8) is 0 Å². The van der Waals surface area contributed by atoms with Crippen molar-refractivity contribution in [2.24, 2.45) is 0 Å². The number of fused-ring (bicyclic) bond motifs is 10. The average Bonchev–Trinajstić information content (AvgIpc) is 3.66. The summed E-state index contributed by atoms with van der Waals surface area (Å²) in [5.41, 5.74) is 12.3. The molecule has 1 heterocycles. The van der Waals surface area contributed by atoms with Gasteiger partial charge in [0.25, 0.3) is 0 Å². The van der Waals surface area contributed by atoms with Gasteiger partial charge in [0.2, 0.25) is 0 Å². The van der Waals surface area contributed by atoms with Crippen molar-refractivity contribution in [1.82, 2.24) is 0 Å². The zero-order valence-corrected chi connectivity index (χ0v) is 30.6. The molecule has 10 aromatic carbocycles. The molecule has 0 radical (unpaired) electrons. The number of rotatable bonds is 6. The lowest BCUT2D eigenvalue weighted by Gasteiger charge is -2.26. The third-order valence-corrected chi connectivity index (χ3v) is 11.2. The Labute approximate surface area is 325 Å². The monoisotopic (exact) mass is 713 g/mol. The Balaban J connectivity index is 1.04. The lowest BCUT2D eigenvalue weighted by molar-refractivity contribution is 0.669. The molecule has 0 bridgehead atoms. The molecular formula is C54H35NO. The van der Waals surface area contributed by atoms with Gasteiger partial charge in [0.1, 0.15) is 11.2 Å². The Morgan fingerprint density at radius 3 is 1.45 bits per heavy atom. The molecule has 0 aliphatic rings. The molecule has 262 valence electrons. The fourth-order valence-electron chi connectivity index (χ4n) is 8.60. The van der Waals surface area contributed by atoms with E-state index in [1.54, 1.807) is 0 Å². The van der Waals surface area contributed by atoms with E-state index in [4.69, 9.17) is 4.42 Å². The van der Waals surface area contributed by atoms with Crippen molar-refractivity contribution in [2.75, 3.05) is 4.90 Å². The van der Waals surface area contributed by atoms with E-state index in [-0.39, 0.29) is 0 Å². The van der Waals surface area contributed by atoms with Crippen LogP contribution in [0.3, 0.4) is 0 Å². The largest absolute Gasteiger partial charge is 0.456 e. The highest BCUT2D eigenvalue weighted by molar-refractivity contribution is 6.34. The molecule has 0 amide bonds. The first-order valence-corrected chi connectivity index (χ1v) is 19.2. The molecule has 0 unspecified atom stereocenters. The van der Waals surface area contributed by atoms with Gasteiger partial charge in [-0.2, -0.15) is 0 Å². The summed E-state index contributed by atoms with van der Waals surface area (Å²) >= 11 is 0. The van der Waals surface area contributed by atoms with Crippen LogP contribution in [0.5, 0.6) is 0 Å². The highest BCUT2D eigenvalue weighted by Crippen LogP contribution is 2.44. The van der Waals surface area contributed by atoms with Crippen molar-refractivity contribution >= 4 is 71.3 Å². The van der Waals surface area contributed by atoms with Crippen molar-refractivity contribution in [3.8, 4) is 33.4 Å². The smallest absolute Gasteiger partial charge is 0.136 e. The van der Waals surface area contributed by atoms with E-state index < -0.39 is 0 Å². The minimum atomic E-state index is 0.916. The van der Waals surface area contributed by atoms with Crippen molar-refractivity contribution in [2.45, 2.75) is 0 Å². The normalized spacial score (nSPS) is 11.6. The maximum atomic E-state index is 6.37. The number of anilines is 3.